The molecule has 1 unspecified atom stereocenters. The fourth-order valence-electron chi connectivity index (χ4n) is 3.60. The van der Waals surface area contributed by atoms with Gasteiger partial charge in [-0.1, -0.05) is 0 Å². The maximum absolute atomic E-state index is 6.15. The molecule has 0 aliphatic carbocycles. The van der Waals surface area contributed by atoms with E-state index in [0.717, 1.165) is 61.6 Å². The molecule has 0 saturated carbocycles. The molecule has 7 nitrogen and oxygen atoms in total. The molecule has 2 fully saturated rings. The Balaban J connectivity index is 1.57. The summed E-state index contributed by atoms with van der Waals surface area (Å²) >= 11 is 0. The number of rotatable bonds is 2. The van der Waals surface area contributed by atoms with E-state index in [4.69, 9.17) is 4.74 Å². The van der Waals surface area contributed by atoms with Gasteiger partial charge in [0.15, 0.2) is 5.65 Å². The van der Waals surface area contributed by atoms with Crippen LogP contribution in [0.25, 0.3) is 11.0 Å². The third-order valence-electron chi connectivity index (χ3n) is 4.77. The number of nitrogens with zero attached hydrogens (tertiary/aromatic N) is 4. The Labute approximate surface area is 129 Å². The average molecular weight is 302 g/mol. The summed E-state index contributed by atoms with van der Waals surface area (Å²) in [5, 5.41) is 12.2. The van der Waals surface area contributed by atoms with E-state index in [1.54, 1.807) is 4.68 Å². The van der Waals surface area contributed by atoms with Crippen molar-refractivity contribution in [3.05, 3.63) is 12.0 Å². The second-order valence-corrected chi connectivity index (χ2v) is 6.41. The first-order chi connectivity index (χ1) is 10.7. The van der Waals surface area contributed by atoms with Crippen LogP contribution in [0.2, 0.25) is 0 Å². The Morgan fingerprint density at radius 1 is 1.36 bits per heavy atom. The van der Waals surface area contributed by atoms with Crippen LogP contribution in [0.5, 0.6) is 0 Å². The topological polar surface area (TPSA) is 76.9 Å². The van der Waals surface area contributed by atoms with Crippen LogP contribution in [-0.4, -0.2) is 51.1 Å². The zero-order chi connectivity index (χ0) is 15.2. The van der Waals surface area contributed by atoms with Gasteiger partial charge in [0.1, 0.15) is 11.6 Å². The lowest BCUT2D eigenvalue weighted by Crippen LogP contribution is -2.41. The number of aromatic nitrogens is 4. The van der Waals surface area contributed by atoms with Crippen molar-refractivity contribution < 1.29 is 4.74 Å². The van der Waals surface area contributed by atoms with Gasteiger partial charge in [-0.25, -0.2) is 9.97 Å². The Bertz CT molecular complexity index is 691. The van der Waals surface area contributed by atoms with Crippen LogP contribution in [0.3, 0.4) is 0 Å². The number of aryl methyl sites for hydroxylation is 2. The number of hydrogen-bond acceptors (Lipinski definition) is 6. The Kier molecular flexibility index (Phi) is 3.27. The summed E-state index contributed by atoms with van der Waals surface area (Å²) in [6, 6.07) is 0.302. The molecule has 22 heavy (non-hydrogen) atoms. The minimum absolute atomic E-state index is 0.0546. The number of hydrogen-bond donors (Lipinski definition) is 2. The predicted molar refractivity (Wildman–Crippen MR) is 83.9 cm³/mol. The normalized spacial score (nSPS) is 24.2. The molecule has 0 aromatic carbocycles. The summed E-state index contributed by atoms with van der Waals surface area (Å²) < 4.78 is 7.93. The fraction of sp³-hybridized carbons (Fsp3) is 0.667. The van der Waals surface area contributed by atoms with Gasteiger partial charge in [-0.05, 0) is 39.3 Å². The third kappa shape index (κ3) is 2.34. The van der Waals surface area contributed by atoms with E-state index in [-0.39, 0.29) is 5.60 Å². The van der Waals surface area contributed by atoms with Crippen LogP contribution in [-0.2, 0) is 11.8 Å². The number of nitrogens with one attached hydrogen (secondary N) is 2. The highest BCUT2D eigenvalue weighted by Gasteiger charge is 2.41. The monoisotopic (exact) mass is 302 g/mol. The maximum Gasteiger partial charge on any atom is 0.163 e. The van der Waals surface area contributed by atoms with Gasteiger partial charge in [-0.2, -0.15) is 5.10 Å². The van der Waals surface area contributed by atoms with Gasteiger partial charge in [0, 0.05) is 7.05 Å². The largest absolute Gasteiger partial charge is 0.373 e. The standard InChI is InChI=1S/C15H22N6O/c1-10-18-13(12-8-17-21(2)14(12)19-10)20-11-7-15(22-9-11)3-5-16-6-4-15/h8,11,16H,3-7,9H2,1-2H3,(H,18,19,20). The van der Waals surface area contributed by atoms with Gasteiger partial charge in [0.25, 0.3) is 0 Å². The molecule has 2 aromatic heterocycles. The Morgan fingerprint density at radius 3 is 3.00 bits per heavy atom. The van der Waals surface area contributed by atoms with Crippen LogP contribution in [0, 0.1) is 6.92 Å². The smallest absolute Gasteiger partial charge is 0.163 e. The molecule has 4 rings (SSSR count). The summed E-state index contributed by atoms with van der Waals surface area (Å²) in [5.74, 6) is 1.63. The van der Waals surface area contributed by atoms with Crippen LogP contribution in [0.4, 0.5) is 5.82 Å². The van der Waals surface area contributed by atoms with E-state index >= 15 is 0 Å². The van der Waals surface area contributed by atoms with Crippen LogP contribution >= 0.6 is 0 Å². The third-order valence-corrected chi connectivity index (χ3v) is 4.77. The maximum atomic E-state index is 6.15. The average Bonchev–Trinajstić information content (AvgIpc) is 3.05. The van der Waals surface area contributed by atoms with Gasteiger partial charge in [-0.3, -0.25) is 4.68 Å². The summed E-state index contributed by atoms with van der Waals surface area (Å²) in [5.41, 5.74) is 0.921. The first-order valence-corrected chi connectivity index (χ1v) is 7.93. The quantitative estimate of drug-likeness (QED) is 0.862. The summed E-state index contributed by atoms with van der Waals surface area (Å²) in [4.78, 5) is 9.03. The van der Waals surface area contributed by atoms with Crippen molar-refractivity contribution in [3.63, 3.8) is 0 Å². The molecule has 7 heteroatoms. The van der Waals surface area contributed by atoms with Crippen LogP contribution < -0.4 is 10.6 Å². The van der Waals surface area contributed by atoms with Crippen molar-refractivity contribution >= 4 is 16.9 Å². The van der Waals surface area contributed by atoms with Gasteiger partial charge in [-0.15, -0.1) is 0 Å². The van der Waals surface area contributed by atoms with Crippen molar-refractivity contribution in [2.24, 2.45) is 7.05 Å². The molecule has 2 aromatic rings. The lowest BCUT2D eigenvalue weighted by Gasteiger charge is -2.32. The van der Waals surface area contributed by atoms with E-state index in [2.05, 4.69) is 25.7 Å². The molecule has 2 aliphatic heterocycles. The molecular weight excluding hydrogens is 280 g/mol. The fourth-order valence-corrected chi connectivity index (χ4v) is 3.60. The molecule has 0 amide bonds. The van der Waals surface area contributed by atoms with Crippen molar-refractivity contribution in [3.8, 4) is 0 Å². The molecule has 2 aliphatic rings. The number of anilines is 1. The molecule has 2 saturated heterocycles. The molecular formula is C15H22N6O. The van der Waals surface area contributed by atoms with Crippen molar-refractivity contribution in [1.29, 1.82) is 0 Å². The predicted octanol–water partition coefficient (Wildman–Crippen LogP) is 0.995. The lowest BCUT2D eigenvalue weighted by atomic mass is 9.88. The molecule has 118 valence electrons. The molecule has 1 spiro atoms. The van der Waals surface area contributed by atoms with Crippen LogP contribution in [0.1, 0.15) is 25.1 Å². The summed E-state index contributed by atoms with van der Waals surface area (Å²) in [7, 11) is 1.90. The van der Waals surface area contributed by atoms with Crippen LogP contribution in [0.15, 0.2) is 6.20 Å². The molecule has 0 radical (unpaired) electrons. The van der Waals surface area contributed by atoms with Crippen molar-refractivity contribution in [2.45, 2.75) is 37.8 Å². The molecule has 0 bridgehead atoms. The highest BCUT2D eigenvalue weighted by atomic mass is 16.5. The van der Waals surface area contributed by atoms with E-state index in [1.165, 1.54) is 0 Å². The zero-order valence-corrected chi connectivity index (χ0v) is 13.1. The molecule has 2 N–H and O–H groups in total. The number of ether oxygens (including phenoxy) is 1. The van der Waals surface area contributed by atoms with E-state index < -0.39 is 0 Å². The summed E-state index contributed by atoms with van der Waals surface area (Å²) in [6.45, 7) is 4.75. The van der Waals surface area contributed by atoms with Gasteiger partial charge in [0.05, 0.1) is 29.8 Å². The number of piperidine rings is 1. The second-order valence-electron chi connectivity index (χ2n) is 6.41. The molecule has 4 heterocycles. The SMILES string of the molecule is Cc1nc(NC2COC3(CCNCC3)C2)c2cnn(C)c2n1. The first kappa shape index (κ1) is 13.9. The van der Waals surface area contributed by atoms with E-state index in [9.17, 15) is 0 Å². The lowest BCUT2D eigenvalue weighted by molar-refractivity contribution is -0.0192. The highest BCUT2D eigenvalue weighted by molar-refractivity contribution is 5.86. The van der Waals surface area contributed by atoms with Crippen molar-refractivity contribution in [2.75, 3.05) is 25.0 Å². The van der Waals surface area contributed by atoms with Crippen molar-refractivity contribution in [1.82, 2.24) is 25.1 Å². The number of fused-ring (bicyclic) bond motifs is 1. The zero-order valence-electron chi connectivity index (χ0n) is 13.1. The summed E-state index contributed by atoms with van der Waals surface area (Å²) in [6.07, 6.45) is 5.05. The molecule has 1 atom stereocenters. The first-order valence-electron chi connectivity index (χ1n) is 7.93. The minimum atomic E-state index is 0.0546. The Morgan fingerprint density at radius 2 is 2.18 bits per heavy atom. The van der Waals surface area contributed by atoms with Gasteiger partial charge >= 0.3 is 0 Å². The van der Waals surface area contributed by atoms with E-state index in [0.29, 0.717) is 6.04 Å². The minimum Gasteiger partial charge on any atom is -0.373 e. The second kappa shape index (κ2) is 5.17. The van der Waals surface area contributed by atoms with Gasteiger partial charge < -0.3 is 15.4 Å². The van der Waals surface area contributed by atoms with Gasteiger partial charge in [0.2, 0.25) is 0 Å². The van der Waals surface area contributed by atoms with E-state index in [1.807, 2.05) is 20.2 Å². The highest BCUT2D eigenvalue weighted by Crippen LogP contribution is 2.35. The Hall–Kier alpha value is -1.73.